The van der Waals surface area contributed by atoms with Crippen molar-refractivity contribution in [1.29, 1.82) is 0 Å². The molecule has 0 aliphatic carbocycles. The van der Waals surface area contributed by atoms with E-state index in [2.05, 4.69) is 6.92 Å². The number of sulfonamides is 1. The SMILES string of the molecule is CCCCC(=O)N1CCN(S(=O)(=O)/C=C/c2ccccc2)CC1. The normalized spacial score (nSPS) is 16.8. The summed E-state index contributed by atoms with van der Waals surface area (Å²) in [5, 5.41) is 1.25. The fraction of sp³-hybridized carbons (Fsp3) is 0.471. The van der Waals surface area contributed by atoms with Crippen LogP contribution in [-0.2, 0) is 14.8 Å². The molecule has 5 nitrogen and oxygen atoms in total. The Balaban J connectivity index is 1.91. The van der Waals surface area contributed by atoms with Gasteiger partial charge in [-0.15, -0.1) is 0 Å². The zero-order chi connectivity index (χ0) is 16.7. The summed E-state index contributed by atoms with van der Waals surface area (Å²) in [4.78, 5) is 13.7. The summed E-state index contributed by atoms with van der Waals surface area (Å²) in [6.07, 6.45) is 4.03. The topological polar surface area (TPSA) is 57.7 Å². The van der Waals surface area contributed by atoms with Crippen molar-refractivity contribution in [1.82, 2.24) is 9.21 Å². The van der Waals surface area contributed by atoms with Gasteiger partial charge in [-0.2, -0.15) is 4.31 Å². The Kier molecular flexibility index (Phi) is 6.36. The number of piperazine rings is 1. The molecule has 0 unspecified atom stereocenters. The number of carbonyl (C=O) groups is 1. The van der Waals surface area contributed by atoms with Gasteiger partial charge in [-0.05, 0) is 18.1 Å². The molecule has 1 fully saturated rings. The van der Waals surface area contributed by atoms with Crippen molar-refractivity contribution in [2.75, 3.05) is 26.2 Å². The molecule has 1 amide bonds. The monoisotopic (exact) mass is 336 g/mol. The van der Waals surface area contributed by atoms with Crippen LogP contribution in [0.2, 0.25) is 0 Å². The standard InChI is InChI=1S/C17H24N2O3S/c1-2-3-9-17(20)18-11-13-19(14-12-18)23(21,22)15-10-16-7-5-4-6-8-16/h4-8,10,15H,2-3,9,11-14H2,1H3/b15-10+. The van der Waals surface area contributed by atoms with Gasteiger partial charge in [0.05, 0.1) is 0 Å². The number of hydrogen-bond acceptors (Lipinski definition) is 3. The lowest BCUT2D eigenvalue weighted by atomic mass is 10.2. The maximum atomic E-state index is 12.3. The van der Waals surface area contributed by atoms with Crippen molar-refractivity contribution in [2.45, 2.75) is 26.2 Å². The predicted molar refractivity (Wildman–Crippen MR) is 92.1 cm³/mol. The van der Waals surface area contributed by atoms with E-state index in [0.29, 0.717) is 32.6 Å². The second-order valence-electron chi connectivity index (χ2n) is 5.64. The third kappa shape index (κ3) is 5.18. The van der Waals surface area contributed by atoms with Gasteiger partial charge in [-0.25, -0.2) is 8.42 Å². The molecule has 0 saturated carbocycles. The minimum absolute atomic E-state index is 0.128. The number of carbonyl (C=O) groups excluding carboxylic acids is 1. The van der Waals surface area contributed by atoms with Crippen LogP contribution in [0.1, 0.15) is 31.7 Å². The molecule has 126 valence electrons. The van der Waals surface area contributed by atoms with Crippen molar-refractivity contribution in [2.24, 2.45) is 0 Å². The molecule has 0 spiro atoms. The lowest BCUT2D eigenvalue weighted by Crippen LogP contribution is -2.50. The lowest BCUT2D eigenvalue weighted by Gasteiger charge is -2.33. The Morgan fingerprint density at radius 3 is 2.39 bits per heavy atom. The number of benzene rings is 1. The van der Waals surface area contributed by atoms with Crippen LogP contribution in [0.4, 0.5) is 0 Å². The van der Waals surface area contributed by atoms with E-state index in [1.807, 2.05) is 30.3 Å². The van der Waals surface area contributed by atoms with Gasteiger partial charge in [0.25, 0.3) is 0 Å². The summed E-state index contributed by atoms with van der Waals surface area (Å²) in [6, 6.07) is 9.34. The molecule has 1 aromatic carbocycles. The third-order valence-corrected chi connectivity index (χ3v) is 5.49. The molecule has 1 aliphatic heterocycles. The van der Waals surface area contributed by atoms with Gasteiger partial charge in [0.2, 0.25) is 15.9 Å². The van der Waals surface area contributed by atoms with Crippen LogP contribution in [-0.4, -0.2) is 49.7 Å². The van der Waals surface area contributed by atoms with Crippen LogP contribution in [0.25, 0.3) is 6.08 Å². The van der Waals surface area contributed by atoms with E-state index in [9.17, 15) is 13.2 Å². The van der Waals surface area contributed by atoms with Crippen LogP contribution in [0.15, 0.2) is 35.7 Å². The Labute approximate surface area is 138 Å². The van der Waals surface area contributed by atoms with E-state index in [0.717, 1.165) is 18.4 Å². The van der Waals surface area contributed by atoms with E-state index < -0.39 is 10.0 Å². The maximum absolute atomic E-state index is 12.3. The van der Waals surface area contributed by atoms with Gasteiger partial charge in [0.15, 0.2) is 0 Å². The summed E-state index contributed by atoms with van der Waals surface area (Å²) >= 11 is 0. The highest BCUT2D eigenvalue weighted by Gasteiger charge is 2.26. The average Bonchev–Trinajstić information content (AvgIpc) is 2.59. The second-order valence-corrected chi connectivity index (χ2v) is 7.46. The largest absolute Gasteiger partial charge is 0.340 e. The van der Waals surface area contributed by atoms with E-state index in [-0.39, 0.29) is 5.91 Å². The molecule has 2 rings (SSSR count). The Hall–Kier alpha value is -1.66. The van der Waals surface area contributed by atoms with E-state index in [4.69, 9.17) is 0 Å². The molecule has 0 N–H and O–H groups in total. The maximum Gasteiger partial charge on any atom is 0.236 e. The zero-order valence-electron chi connectivity index (χ0n) is 13.5. The quantitative estimate of drug-likeness (QED) is 0.801. The highest BCUT2D eigenvalue weighted by molar-refractivity contribution is 7.92. The molecular formula is C17H24N2O3S. The summed E-state index contributed by atoms with van der Waals surface area (Å²) in [5.74, 6) is 0.128. The van der Waals surface area contributed by atoms with Gasteiger partial charge in [-0.3, -0.25) is 4.79 Å². The number of unbranched alkanes of at least 4 members (excludes halogenated alkanes) is 1. The van der Waals surface area contributed by atoms with Crippen LogP contribution in [0.3, 0.4) is 0 Å². The number of amides is 1. The van der Waals surface area contributed by atoms with Gasteiger partial charge >= 0.3 is 0 Å². The first-order valence-electron chi connectivity index (χ1n) is 8.04. The first-order valence-corrected chi connectivity index (χ1v) is 9.54. The Bertz CT molecular complexity index is 633. The highest BCUT2D eigenvalue weighted by Crippen LogP contribution is 2.12. The molecule has 0 aromatic heterocycles. The van der Waals surface area contributed by atoms with Crippen molar-refractivity contribution in [3.05, 3.63) is 41.3 Å². The van der Waals surface area contributed by atoms with E-state index in [1.165, 1.54) is 9.71 Å². The number of nitrogens with zero attached hydrogens (tertiary/aromatic N) is 2. The number of rotatable bonds is 6. The fourth-order valence-corrected chi connectivity index (χ4v) is 3.67. The third-order valence-electron chi connectivity index (χ3n) is 3.93. The Morgan fingerprint density at radius 2 is 1.78 bits per heavy atom. The van der Waals surface area contributed by atoms with Gasteiger partial charge in [0.1, 0.15) is 0 Å². The zero-order valence-corrected chi connectivity index (χ0v) is 14.3. The second kappa shape index (κ2) is 8.26. The lowest BCUT2D eigenvalue weighted by molar-refractivity contribution is -0.132. The van der Waals surface area contributed by atoms with Gasteiger partial charge in [-0.1, -0.05) is 43.7 Å². The Morgan fingerprint density at radius 1 is 1.13 bits per heavy atom. The van der Waals surface area contributed by atoms with Gasteiger partial charge in [0, 0.05) is 38.0 Å². The predicted octanol–water partition coefficient (Wildman–Crippen LogP) is 2.32. The molecule has 6 heteroatoms. The molecule has 0 radical (unpaired) electrons. The van der Waals surface area contributed by atoms with Crippen molar-refractivity contribution < 1.29 is 13.2 Å². The molecule has 1 saturated heterocycles. The summed E-state index contributed by atoms with van der Waals surface area (Å²) in [5.41, 5.74) is 0.851. The van der Waals surface area contributed by atoms with Crippen LogP contribution < -0.4 is 0 Å². The molecule has 1 heterocycles. The fourth-order valence-electron chi connectivity index (χ4n) is 2.49. The minimum atomic E-state index is -3.43. The molecular weight excluding hydrogens is 312 g/mol. The van der Waals surface area contributed by atoms with Gasteiger partial charge < -0.3 is 4.90 Å². The van der Waals surface area contributed by atoms with Crippen LogP contribution in [0.5, 0.6) is 0 Å². The smallest absolute Gasteiger partial charge is 0.236 e. The first-order chi connectivity index (χ1) is 11.0. The summed E-state index contributed by atoms with van der Waals surface area (Å²) < 4.78 is 26.1. The summed E-state index contributed by atoms with van der Waals surface area (Å²) in [6.45, 7) is 3.72. The minimum Gasteiger partial charge on any atom is -0.340 e. The molecule has 0 bridgehead atoms. The van der Waals surface area contributed by atoms with Crippen molar-refractivity contribution in [3.8, 4) is 0 Å². The van der Waals surface area contributed by atoms with E-state index in [1.54, 1.807) is 11.0 Å². The molecule has 0 atom stereocenters. The first kappa shape index (κ1) is 17.7. The van der Waals surface area contributed by atoms with Crippen LogP contribution in [0, 0.1) is 0 Å². The molecule has 1 aromatic rings. The van der Waals surface area contributed by atoms with E-state index >= 15 is 0 Å². The van der Waals surface area contributed by atoms with Crippen molar-refractivity contribution in [3.63, 3.8) is 0 Å². The molecule has 1 aliphatic rings. The van der Waals surface area contributed by atoms with Crippen LogP contribution >= 0.6 is 0 Å². The number of hydrogen-bond donors (Lipinski definition) is 0. The summed E-state index contributed by atoms with van der Waals surface area (Å²) in [7, 11) is -3.43. The van der Waals surface area contributed by atoms with Crippen molar-refractivity contribution >= 4 is 22.0 Å². The average molecular weight is 336 g/mol. The molecule has 23 heavy (non-hydrogen) atoms. The highest BCUT2D eigenvalue weighted by atomic mass is 32.2.